The van der Waals surface area contributed by atoms with Gasteiger partial charge in [0, 0.05) is 30.8 Å². The van der Waals surface area contributed by atoms with Gasteiger partial charge in [-0.25, -0.2) is 0 Å². The van der Waals surface area contributed by atoms with Crippen LogP contribution in [0.3, 0.4) is 0 Å². The summed E-state index contributed by atoms with van der Waals surface area (Å²) in [7, 11) is 0. The number of hydrogen-bond donors (Lipinski definition) is 0. The summed E-state index contributed by atoms with van der Waals surface area (Å²) in [5.41, 5.74) is -0.702. The van der Waals surface area contributed by atoms with Crippen LogP contribution in [0, 0.1) is 11.3 Å². The summed E-state index contributed by atoms with van der Waals surface area (Å²) in [4.78, 5) is 26.1. The van der Waals surface area contributed by atoms with E-state index in [-0.39, 0.29) is 17.6 Å². The lowest BCUT2D eigenvalue weighted by molar-refractivity contribution is -0.143. The minimum atomic E-state index is -0.702. The molecule has 4 heteroatoms. The molecule has 1 saturated carbocycles. The van der Waals surface area contributed by atoms with Gasteiger partial charge in [-0.3, -0.25) is 9.59 Å². The van der Waals surface area contributed by atoms with E-state index in [2.05, 4.69) is 22.5 Å². The lowest BCUT2D eigenvalue weighted by atomic mass is 9.76. The molecule has 1 heterocycles. The lowest BCUT2D eigenvalue weighted by Crippen LogP contribution is -2.40. The average Bonchev–Trinajstić information content (AvgIpc) is 2.77. The van der Waals surface area contributed by atoms with Crippen molar-refractivity contribution >= 4 is 27.6 Å². The van der Waals surface area contributed by atoms with Crippen LogP contribution in [0.1, 0.15) is 19.3 Å². The minimum Gasteiger partial charge on any atom is -0.338 e. The predicted octanol–water partition coefficient (Wildman–Crippen LogP) is 1.77. The van der Waals surface area contributed by atoms with Crippen molar-refractivity contribution in [3.8, 4) is 0 Å². The highest BCUT2D eigenvalue weighted by Gasteiger charge is 2.59. The Morgan fingerprint density at radius 2 is 2.31 bits per heavy atom. The number of ketones is 1. The van der Waals surface area contributed by atoms with Crippen molar-refractivity contribution in [2.75, 3.05) is 18.4 Å². The second-order valence-corrected chi connectivity index (χ2v) is 5.25. The summed E-state index contributed by atoms with van der Waals surface area (Å²) in [6, 6.07) is 0. The van der Waals surface area contributed by atoms with E-state index < -0.39 is 5.41 Å². The number of Topliss-reactive ketones (excluding diaryl/α,β-unsaturated/α-hetero) is 1. The number of hydrogen-bond acceptors (Lipinski definition) is 2. The molecule has 88 valence electrons. The Hall–Kier alpha value is -0.640. The Kier molecular flexibility index (Phi) is 3.19. The van der Waals surface area contributed by atoms with Crippen LogP contribution < -0.4 is 0 Å². The van der Waals surface area contributed by atoms with Gasteiger partial charge in [-0.05, 0) is 12.8 Å². The van der Waals surface area contributed by atoms with E-state index in [1.165, 1.54) is 0 Å². The van der Waals surface area contributed by atoms with Crippen molar-refractivity contribution in [3.63, 3.8) is 0 Å². The van der Waals surface area contributed by atoms with E-state index in [4.69, 9.17) is 0 Å². The zero-order valence-corrected chi connectivity index (χ0v) is 10.8. The third-order valence-corrected chi connectivity index (χ3v) is 4.60. The molecule has 1 aliphatic heterocycles. The molecule has 2 rings (SSSR count). The molecule has 0 bridgehead atoms. The second-order valence-electron chi connectivity index (χ2n) is 4.60. The molecule has 1 amide bonds. The van der Waals surface area contributed by atoms with Crippen LogP contribution in [0.5, 0.6) is 0 Å². The predicted molar refractivity (Wildman–Crippen MR) is 65.4 cm³/mol. The maximum absolute atomic E-state index is 12.3. The van der Waals surface area contributed by atoms with Crippen molar-refractivity contribution in [2.45, 2.75) is 19.3 Å². The third kappa shape index (κ3) is 1.46. The Balaban J connectivity index is 2.32. The maximum Gasteiger partial charge on any atom is 0.236 e. The zero-order chi connectivity index (χ0) is 11.8. The number of likely N-dealkylation sites (tertiary alicyclic amines) is 1. The first kappa shape index (κ1) is 11.8. The van der Waals surface area contributed by atoms with E-state index in [1.54, 1.807) is 11.0 Å². The molecule has 0 aromatic heterocycles. The molecule has 0 unspecified atom stereocenters. The number of alkyl halides is 1. The molecule has 0 aromatic rings. The summed E-state index contributed by atoms with van der Waals surface area (Å²) in [5.74, 6) is 0.308. The Morgan fingerprint density at radius 3 is 2.81 bits per heavy atom. The highest BCUT2D eigenvalue weighted by Crippen LogP contribution is 2.48. The number of nitrogens with zero attached hydrogens (tertiary/aromatic N) is 1. The molecule has 16 heavy (non-hydrogen) atoms. The van der Waals surface area contributed by atoms with Gasteiger partial charge in [0.05, 0.1) is 0 Å². The van der Waals surface area contributed by atoms with E-state index in [0.29, 0.717) is 19.5 Å². The van der Waals surface area contributed by atoms with Gasteiger partial charge in [-0.2, -0.15) is 0 Å². The van der Waals surface area contributed by atoms with Crippen LogP contribution in [0.2, 0.25) is 0 Å². The molecule has 0 N–H and O–H groups in total. The van der Waals surface area contributed by atoms with E-state index in [0.717, 1.165) is 18.2 Å². The van der Waals surface area contributed by atoms with Crippen LogP contribution in [-0.4, -0.2) is 35.0 Å². The van der Waals surface area contributed by atoms with Gasteiger partial charge in [0.25, 0.3) is 0 Å². The smallest absolute Gasteiger partial charge is 0.236 e. The Labute approximate surface area is 104 Å². The van der Waals surface area contributed by atoms with Crippen LogP contribution in [0.25, 0.3) is 0 Å². The van der Waals surface area contributed by atoms with Gasteiger partial charge in [0.15, 0.2) is 0 Å². The Morgan fingerprint density at radius 1 is 1.56 bits per heavy atom. The fourth-order valence-corrected chi connectivity index (χ4v) is 3.76. The SMILES string of the molecule is C=CCN1C[C@H](CBr)[C@]2(CCCC2=O)C1=O. The first-order chi connectivity index (χ1) is 7.66. The van der Waals surface area contributed by atoms with Crippen molar-refractivity contribution in [1.82, 2.24) is 4.90 Å². The van der Waals surface area contributed by atoms with Gasteiger partial charge < -0.3 is 4.90 Å². The van der Waals surface area contributed by atoms with Gasteiger partial charge in [0.2, 0.25) is 5.91 Å². The number of carbonyl (C=O) groups excluding carboxylic acids is 2. The topological polar surface area (TPSA) is 37.4 Å². The molecule has 0 radical (unpaired) electrons. The van der Waals surface area contributed by atoms with Gasteiger partial charge >= 0.3 is 0 Å². The molecule has 2 fully saturated rings. The van der Waals surface area contributed by atoms with Gasteiger partial charge in [0.1, 0.15) is 11.2 Å². The minimum absolute atomic E-state index is 0.0272. The molecule has 2 aliphatic rings. The molecular weight excluding hydrogens is 270 g/mol. The monoisotopic (exact) mass is 285 g/mol. The van der Waals surface area contributed by atoms with Crippen LogP contribution in [0.15, 0.2) is 12.7 Å². The Bertz CT molecular complexity index is 342. The van der Waals surface area contributed by atoms with E-state index in [9.17, 15) is 9.59 Å². The van der Waals surface area contributed by atoms with E-state index in [1.807, 2.05) is 0 Å². The summed E-state index contributed by atoms with van der Waals surface area (Å²) in [6.07, 6.45) is 3.88. The van der Waals surface area contributed by atoms with Crippen molar-refractivity contribution in [2.24, 2.45) is 11.3 Å². The molecule has 1 spiro atoms. The first-order valence-electron chi connectivity index (χ1n) is 5.66. The second kappa shape index (κ2) is 4.32. The zero-order valence-electron chi connectivity index (χ0n) is 9.25. The largest absolute Gasteiger partial charge is 0.338 e. The van der Waals surface area contributed by atoms with Crippen LogP contribution >= 0.6 is 15.9 Å². The fraction of sp³-hybridized carbons (Fsp3) is 0.667. The highest BCUT2D eigenvalue weighted by atomic mass is 79.9. The normalized spacial score (nSPS) is 34.1. The lowest BCUT2D eigenvalue weighted by Gasteiger charge is -2.24. The summed E-state index contributed by atoms with van der Waals surface area (Å²) in [6.45, 7) is 4.89. The van der Waals surface area contributed by atoms with Gasteiger partial charge in [-0.15, -0.1) is 6.58 Å². The van der Waals surface area contributed by atoms with Crippen LogP contribution in [0.4, 0.5) is 0 Å². The number of halogens is 1. The molecule has 1 saturated heterocycles. The van der Waals surface area contributed by atoms with Gasteiger partial charge in [-0.1, -0.05) is 22.0 Å². The average molecular weight is 286 g/mol. The molecule has 3 nitrogen and oxygen atoms in total. The molecular formula is C12H16BrNO2. The standard InChI is InChI=1S/C12H16BrNO2/c1-2-6-14-8-9(7-13)12(11(14)16)5-3-4-10(12)15/h2,9H,1,3-8H2/t9-,12-/m0/s1. The van der Waals surface area contributed by atoms with E-state index >= 15 is 0 Å². The summed E-state index contributed by atoms with van der Waals surface area (Å²) < 4.78 is 0. The molecule has 2 atom stereocenters. The first-order valence-corrected chi connectivity index (χ1v) is 6.78. The summed E-state index contributed by atoms with van der Waals surface area (Å²) in [5, 5.41) is 0.720. The number of rotatable bonds is 3. The quantitative estimate of drug-likeness (QED) is 0.450. The fourth-order valence-electron chi connectivity index (χ4n) is 3.00. The van der Waals surface area contributed by atoms with Crippen molar-refractivity contribution in [3.05, 3.63) is 12.7 Å². The summed E-state index contributed by atoms with van der Waals surface area (Å²) >= 11 is 3.44. The molecule has 1 aliphatic carbocycles. The number of carbonyl (C=O) groups is 2. The van der Waals surface area contributed by atoms with Crippen molar-refractivity contribution < 1.29 is 9.59 Å². The third-order valence-electron chi connectivity index (χ3n) is 3.81. The van der Waals surface area contributed by atoms with Crippen LogP contribution in [-0.2, 0) is 9.59 Å². The maximum atomic E-state index is 12.3. The highest BCUT2D eigenvalue weighted by molar-refractivity contribution is 9.09. The molecule has 0 aromatic carbocycles. The number of amides is 1. The van der Waals surface area contributed by atoms with Crippen molar-refractivity contribution in [1.29, 1.82) is 0 Å².